The molecular formula is C26H31N5O5S2. The molecule has 3 N–H and O–H groups in total. The highest BCUT2D eigenvalue weighted by Crippen LogP contribution is 2.33. The smallest absolute Gasteiger partial charge is 0.341 e. The number of anilines is 1. The number of thiophene rings is 1. The molecule has 0 unspecified atom stereocenters. The topological polar surface area (TPSA) is 138 Å². The third-order valence-electron chi connectivity index (χ3n) is 5.54. The van der Waals surface area contributed by atoms with Crippen molar-refractivity contribution in [2.24, 2.45) is 5.73 Å². The van der Waals surface area contributed by atoms with E-state index in [-0.39, 0.29) is 33.2 Å². The minimum absolute atomic E-state index is 0.0200. The van der Waals surface area contributed by atoms with Gasteiger partial charge in [-0.3, -0.25) is 14.2 Å². The van der Waals surface area contributed by atoms with Gasteiger partial charge in [0.1, 0.15) is 17.4 Å². The Balaban J connectivity index is 1.68. The zero-order valence-corrected chi connectivity index (χ0v) is 23.6. The van der Waals surface area contributed by atoms with E-state index in [0.29, 0.717) is 28.8 Å². The molecule has 2 amide bonds. The van der Waals surface area contributed by atoms with E-state index >= 15 is 0 Å². The van der Waals surface area contributed by atoms with Crippen molar-refractivity contribution < 1.29 is 23.9 Å². The Morgan fingerprint density at radius 1 is 1.21 bits per heavy atom. The van der Waals surface area contributed by atoms with Crippen molar-refractivity contribution in [3.63, 3.8) is 0 Å². The Hall–Kier alpha value is -3.64. The minimum atomic E-state index is -0.690. The number of thioether (sulfide) groups is 1. The van der Waals surface area contributed by atoms with Crippen molar-refractivity contribution in [3.8, 4) is 5.75 Å². The van der Waals surface area contributed by atoms with Gasteiger partial charge in [-0.25, -0.2) is 4.79 Å². The van der Waals surface area contributed by atoms with Gasteiger partial charge in [0, 0.05) is 6.54 Å². The molecule has 0 aliphatic carbocycles. The fourth-order valence-corrected chi connectivity index (χ4v) is 5.35. The average Bonchev–Trinajstić information content (AvgIpc) is 3.40. The molecule has 0 aliphatic heterocycles. The van der Waals surface area contributed by atoms with Crippen molar-refractivity contribution in [2.45, 2.75) is 51.4 Å². The largest absolute Gasteiger partial charge is 0.486 e. The molecule has 12 heteroatoms. The molecule has 0 atom stereocenters. The highest BCUT2D eigenvalue weighted by atomic mass is 32.2. The number of rotatable bonds is 11. The third-order valence-corrected chi connectivity index (χ3v) is 7.73. The first-order valence-electron chi connectivity index (χ1n) is 11.7. The number of ether oxygens (including phenoxy) is 2. The number of carbonyl (C=O) groups excluding carboxylic acids is 3. The summed E-state index contributed by atoms with van der Waals surface area (Å²) in [5, 5.41) is 11.8. The molecule has 0 aliphatic rings. The summed E-state index contributed by atoms with van der Waals surface area (Å²) in [5.74, 6) is -0.485. The summed E-state index contributed by atoms with van der Waals surface area (Å²) in [6.45, 7) is 12.4. The van der Waals surface area contributed by atoms with E-state index in [1.807, 2.05) is 28.8 Å². The van der Waals surface area contributed by atoms with Gasteiger partial charge >= 0.3 is 5.97 Å². The van der Waals surface area contributed by atoms with Crippen molar-refractivity contribution in [1.29, 1.82) is 0 Å². The zero-order chi connectivity index (χ0) is 28.0. The van der Waals surface area contributed by atoms with Gasteiger partial charge in [-0.15, -0.1) is 28.1 Å². The monoisotopic (exact) mass is 557 g/mol. The van der Waals surface area contributed by atoms with Crippen molar-refractivity contribution >= 4 is 45.9 Å². The van der Waals surface area contributed by atoms with Gasteiger partial charge in [-0.05, 0) is 35.6 Å². The van der Waals surface area contributed by atoms with Crippen LogP contribution in [0.15, 0.2) is 42.1 Å². The van der Waals surface area contributed by atoms with Crippen LogP contribution in [0.25, 0.3) is 0 Å². The van der Waals surface area contributed by atoms with Gasteiger partial charge < -0.3 is 20.5 Å². The van der Waals surface area contributed by atoms with E-state index in [4.69, 9.17) is 15.2 Å². The Morgan fingerprint density at radius 3 is 2.47 bits per heavy atom. The summed E-state index contributed by atoms with van der Waals surface area (Å²) >= 11 is 2.10. The number of nitrogens with one attached hydrogen (secondary N) is 1. The van der Waals surface area contributed by atoms with Crippen LogP contribution in [0.1, 0.15) is 57.8 Å². The van der Waals surface area contributed by atoms with Crippen molar-refractivity contribution in [3.05, 3.63) is 64.3 Å². The molecule has 0 spiro atoms. The normalized spacial score (nSPS) is 11.2. The minimum Gasteiger partial charge on any atom is -0.486 e. The van der Waals surface area contributed by atoms with Crippen LogP contribution in [-0.4, -0.2) is 45.4 Å². The maximum absolute atomic E-state index is 12.7. The lowest BCUT2D eigenvalue weighted by Gasteiger charge is -2.19. The molecule has 0 bridgehead atoms. The summed E-state index contributed by atoms with van der Waals surface area (Å²) in [4.78, 5) is 36.9. The first kappa shape index (κ1) is 28.9. The molecule has 3 rings (SSSR count). The molecule has 38 heavy (non-hydrogen) atoms. The van der Waals surface area contributed by atoms with Crippen molar-refractivity contribution in [1.82, 2.24) is 14.8 Å². The van der Waals surface area contributed by atoms with E-state index in [1.165, 1.54) is 24.4 Å². The van der Waals surface area contributed by atoms with E-state index in [2.05, 4.69) is 42.9 Å². The molecule has 3 aromatic rings. The lowest BCUT2D eigenvalue weighted by Crippen LogP contribution is -2.16. The predicted molar refractivity (Wildman–Crippen MR) is 148 cm³/mol. The molecular weight excluding hydrogens is 526 g/mol. The summed E-state index contributed by atoms with van der Waals surface area (Å²) in [7, 11) is 1.22. The van der Waals surface area contributed by atoms with Crippen LogP contribution in [0.2, 0.25) is 0 Å². The number of allylic oxidation sites excluding steroid dienone is 1. The van der Waals surface area contributed by atoms with E-state index in [9.17, 15) is 14.4 Å². The van der Waals surface area contributed by atoms with Crippen LogP contribution in [0.5, 0.6) is 5.75 Å². The number of nitrogens with two attached hydrogens (primary N) is 1. The Morgan fingerprint density at radius 2 is 1.89 bits per heavy atom. The third kappa shape index (κ3) is 6.81. The number of benzene rings is 1. The number of methoxy groups -OCH3 is 1. The molecule has 0 radical (unpaired) electrons. The predicted octanol–water partition coefficient (Wildman–Crippen LogP) is 4.33. The maximum atomic E-state index is 12.7. The first-order valence-corrected chi connectivity index (χ1v) is 13.5. The van der Waals surface area contributed by atoms with Crippen LogP contribution in [-0.2, 0) is 28.1 Å². The van der Waals surface area contributed by atoms with Gasteiger partial charge in [0.2, 0.25) is 5.91 Å². The van der Waals surface area contributed by atoms with Crippen LogP contribution < -0.4 is 15.8 Å². The number of nitrogens with zero attached hydrogens (tertiary/aromatic N) is 3. The number of hydrogen-bond donors (Lipinski definition) is 2. The number of esters is 1. The molecule has 10 nitrogen and oxygen atoms in total. The SMILES string of the molecule is C=CCn1c(COc2ccc(C(C)(C)C)cc2)nnc1SCC(=O)Nc1sc(C(N)=O)c(C)c1C(=O)OC. The van der Waals surface area contributed by atoms with Gasteiger partial charge in [-0.1, -0.05) is 50.7 Å². The molecule has 2 heterocycles. The summed E-state index contributed by atoms with van der Waals surface area (Å²) in [6, 6.07) is 7.92. The van der Waals surface area contributed by atoms with Crippen LogP contribution >= 0.6 is 23.1 Å². The molecule has 1 aromatic carbocycles. The van der Waals surface area contributed by atoms with E-state index in [0.717, 1.165) is 11.3 Å². The molecule has 202 valence electrons. The summed E-state index contributed by atoms with van der Waals surface area (Å²) < 4.78 is 12.5. The van der Waals surface area contributed by atoms with Crippen LogP contribution in [0.3, 0.4) is 0 Å². The Labute approximate surface area is 229 Å². The highest BCUT2D eigenvalue weighted by molar-refractivity contribution is 7.99. The molecule has 2 aromatic heterocycles. The molecule has 0 saturated carbocycles. The van der Waals surface area contributed by atoms with Gasteiger partial charge in [0.25, 0.3) is 5.91 Å². The average molecular weight is 558 g/mol. The van der Waals surface area contributed by atoms with E-state index in [1.54, 1.807) is 13.0 Å². The second-order valence-corrected chi connectivity index (χ2v) is 11.3. The van der Waals surface area contributed by atoms with Gasteiger partial charge in [0.15, 0.2) is 11.0 Å². The standard InChI is InChI=1S/C26H31N5O5S2/c1-7-12-31-18(13-36-17-10-8-16(9-11-17)26(3,4)5)29-30-25(31)37-14-19(32)28-23-20(24(34)35-6)15(2)21(38-23)22(27)33/h7-11H,1,12-14H2,2-6H3,(H2,27,33)(H,28,32). The fraction of sp³-hybridized carbons (Fsp3) is 0.346. The molecule has 0 saturated heterocycles. The number of amides is 2. The summed E-state index contributed by atoms with van der Waals surface area (Å²) in [5.41, 5.74) is 7.13. The Bertz CT molecular complexity index is 1340. The Kier molecular flexibility index (Phi) is 9.34. The highest BCUT2D eigenvalue weighted by Gasteiger charge is 2.25. The lowest BCUT2D eigenvalue weighted by molar-refractivity contribution is -0.113. The lowest BCUT2D eigenvalue weighted by atomic mass is 9.87. The van der Waals surface area contributed by atoms with Crippen LogP contribution in [0, 0.1) is 6.92 Å². The zero-order valence-electron chi connectivity index (χ0n) is 22.0. The second-order valence-electron chi connectivity index (χ2n) is 9.31. The first-order chi connectivity index (χ1) is 18.0. The van der Waals surface area contributed by atoms with Crippen molar-refractivity contribution in [2.75, 3.05) is 18.2 Å². The fourth-order valence-electron chi connectivity index (χ4n) is 3.52. The van der Waals surface area contributed by atoms with E-state index < -0.39 is 17.8 Å². The number of carbonyl (C=O) groups is 3. The van der Waals surface area contributed by atoms with Crippen LogP contribution in [0.4, 0.5) is 5.00 Å². The van der Waals surface area contributed by atoms with Gasteiger partial charge in [0.05, 0.1) is 23.3 Å². The van der Waals surface area contributed by atoms with Gasteiger partial charge in [-0.2, -0.15) is 0 Å². The quantitative estimate of drug-likeness (QED) is 0.202. The number of hydrogen-bond acceptors (Lipinski definition) is 9. The molecule has 0 fully saturated rings. The maximum Gasteiger partial charge on any atom is 0.341 e. The summed E-state index contributed by atoms with van der Waals surface area (Å²) in [6.07, 6.45) is 1.71. The second kappa shape index (κ2) is 12.3. The number of aromatic nitrogens is 3. The number of primary amides is 1.